The predicted molar refractivity (Wildman–Crippen MR) is 124 cm³/mol. The fraction of sp³-hybridized carbons (Fsp3) is 0.889. The number of nitrogen functional groups attached to an aromatic ring is 1. The molecule has 5 aliphatic carbocycles. The minimum Gasteiger partial charge on any atom is -0.384 e. The molecule has 0 aromatic carbocycles. The van der Waals surface area contributed by atoms with Gasteiger partial charge in [0, 0.05) is 13.7 Å². The monoisotopic (exact) mass is 425 g/mol. The summed E-state index contributed by atoms with van der Waals surface area (Å²) in [6.07, 6.45) is 17.0. The highest BCUT2D eigenvalue weighted by Gasteiger charge is 2.62. The summed E-state index contributed by atoms with van der Waals surface area (Å²) >= 11 is 0. The fourth-order valence-corrected chi connectivity index (χ4v) is 10.0. The van der Waals surface area contributed by atoms with Crippen molar-refractivity contribution >= 4 is 5.82 Å². The van der Waals surface area contributed by atoms with Crippen molar-refractivity contribution in [3.8, 4) is 0 Å². The highest BCUT2D eigenvalue weighted by molar-refractivity contribution is 5.25. The first-order valence-corrected chi connectivity index (χ1v) is 13.3. The Morgan fingerprint density at radius 3 is 2.68 bits per heavy atom. The minimum atomic E-state index is 0.531. The number of nitrogens with zero attached hydrogens (tertiary/aromatic N) is 2. The molecule has 0 bridgehead atoms. The van der Waals surface area contributed by atoms with Gasteiger partial charge in [-0.3, -0.25) is 0 Å². The molecular formula is C27H43N3O. The lowest BCUT2D eigenvalue weighted by Gasteiger charge is -2.57. The first-order valence-electron chi connectivity index (χ1n) is 13.3. The highest BCUT2D eigenvalue weighted by atomic mass is 16.5. The van der Waals surface area contributed by atoms with E-state index in [1.807, 2.05) is 24.1 Å². The molecule has 2 N–H and O–H groups in total. The number of hydrogen-bond acceptors (Lipinski definition) is 3. The lowest BCUT2D eigenvalue weighted by Crippen LogP contribution is -2.49. The average molecular weight is 426 g/mol. The normalized spacial score (nSPS) is 49.3. The molecule has 5 saturated carbocycles. The molecule has 5 aliphatic rings. The quantitative estimate of drug-likeness (QED) is 0.666. The zero-order valence-electron chi connectivity index (χ0n) is 19.9. The molecule has 6 rings (SSSR count). The van der Waals surface area contributed by atoms with E-state index in [4.69, 9.17) is 10.5 Å². The maximum Gasteiger partial charge on any atom is 0.121 e. The van der Waals surface area contributed by atoms with Crippen LogP contribution >= 0.6 is 0 Å². The van der Waals surface area contributed by atoms with Crippen LogP contribution in [0.5, 0.6) is 0 Å². The summed E-state index contributed by atoms with van der Waals surface area (Å²) < 4.78 is 7.80. The Morgan fingerprint density at radius 2 is 1.94 bits per heavy atom. The second kappa shape index (κ2) is 7.23. The summed E-state index contributed by atoms with van der Waals surface area (Å²) in [7, 11) is 1.93. The number of aromatic nitrogens is 2. The summed E-state index contributed by atoms with van der Waals surface area (Å²) in [4.78, 5) is 0. The third kappa shape index (κ3) is 3.06. The minimum absolute atomic E-state index is 0.531. The van der Waals surface area contributed by atoms with Crippen molar-refractivity contribution in [1.29, 1.82) is 0 Å². The van der Waals surface area contributed by atoms with Gasteiger partial charge in [0.1, 0.15) is 5.82 Å². The topological polar surface area (TPSA) is 53.1 Å². The van der Waals surface area contributed by atoms with Gasteiger partial charge in [-0.25, -0.2) is 4.68 Å². The summed E-state index contributed by atoms with van der Waals surface area (Å²) in [6.45, 7) is 6.11. The molecule has 0 radical (unpaired) electrons. The number of fused-ring (bicyclic) bond motifs is 5. The van der Waals surface area contributed by atoms with E-state index in [-0.39, 0.29) is 0 Å². The van der Waals surface area contributed by atoms with Crippen LogP contribution in [0.4, 0.5) is 5.82 Å². The van der Waals surface area contributed by atoms with Crippen LogP contribution < -0.4 is 5.73 Å². The number of anilines is 1. The molecule has 4 heteroatoms. The SMILES string of the molecule is COC1CC12CC[C@H]1C(CCC3C1CC[C@]1(C)C(C(C)Cn4nccc4N)CCC31)C2. The van der Waals surface area contributed by atoms with Crippen molar-refractivity contribution in [3.63, 3.8) is 0 Å². The van der Waals surface area contributed by atoms with E-state index < -0.39 is 0 Å². The number of hydrogen-bond donors (Lipinski definition) is 1. The van der Waals surface area contributed by atoms with E-state index in [1.54, 1.807) is 0 Å². The molecule has 1 aromatic heterocycles. The van der Waals surface area contributed by atoms with E-state index in [0.717, 1.165) is 47.9 Å². The molecule has 1 heterocycles. The number of methoxy groups -OCH3 is 1. The van der Waals surface area contributed by atoms with Crippen LogP contribution in [0.25, 0.3) is 0 Å². The first-order chi connectivity index (χ1) is 14.9. The van der Waals surface area contributed by atoms with Crippen LogP contribution in [-0.4, -0.2) is 23.0 Å². The molecule has 4 nitrogen and oxygen atoms in total. The smallest absolute Gasteiger partial charge is 0.121 e. The summed E-state index contributed by atoms with van der Waals surface area (Å²) in [5, 5.41) is 4.48. The van der Waals surface area contributed by atoms with Crippen molar-refractivity contribution in [3.05, 3.63) is 12.3 Å². The van der Waals surface area contributed by atoms with Crippen molar-refractivity contribution in [2.75, 3.05) is 12.8 Å². The van der Waals surface area contributed by atoms with Gasteiger partial charge in [-0.1, -0.05) is 13.8 Å². The first kappa shape index (κ1) is 20.6. The van der Waals surface area contributed by atoms with Crippen LogP contribution in [0.3, 0.4) is 0 Å². The lowest BCUT2D eigenvalue weighted by molar-refractivity contribution is -0.0795. The van der Waals surface area contributed by atoms with Crippen LogP contribution in [0, 0.1) is 52.3 Å². The van der Waals surface area contributed by atoms with Crippen LogP contribution in [0.1, 0.15) is 78.1 Å². The molecule has 10 atom stereocenters. The summed E-state index contributed by atoms with van der Waals surface area (Å²) in [6, 6.07) is 1.93. The summed E-state index contributed by atoms with van der Waals surface area (Å²) in [5.74, 6) is 7.28. The Morgan fingerprint density at radius 1 is 1.10 bits per heavy atom. The molecule has 1 aromatic rings. The van der Waals surface area contributed by atoms with Gasteiger partial charge in [0.2, 0.25) is 0 Å². The van der Waals surface area contributed by atoms with Gasteiger partial charge in [0.15, 0.2) is 0 Å². The molecule has 31 heavy (non-hydrogen) atoms. The third-order valence-corrected chi connectivity index (χ3v) is 11.5. The molecular weight excluding hydrogens is 382 g/mol. The van der Waals surface area contributed by atoms with Crippen LogP contribution in [0.15, 0.2) is 12.3 Å². The molecule has 0 aliphatic heterocycles. The van der Waals surface area contributed by atoms with E-state index in [1.165, 1.54) is 64.2 Å². The molecule has 0 amide bonds. The van der Waals surface area contributed by atoms with Crippen molar-refractivity contribution in [1.82, 2.24) is 9.78 Å². The maximum atomic E-state index is 6.14. The molecule has 5 fully saturated rings. The van der Waals surface area contributed by atoms with E-state index in [0.29, 0.717) is 22.9 Å². The number of nitrogens with two attached hydrogens (primary N) is 1. The van der Waals surface area contributed by atoms with Crippen molar-refractivity contribution < 1.29 is 4.74 Å². The average Bonchev–Trinajstić information content (AvgIpc) is 3.06. The molecule has 0 saturated heterocycles. The fourth-order valence-electron chi connectivity index (χ4n) is 10.0. The Balaban J connectivity index is 1.16. The molecule has 172 valence electrons. The Kier molecular flexibility index (Phi) is 4.80. The van der Waals surface area contributed by atoms with Gasteiger partial charge in [-0.15, -0.1) is 0 Å². The van der Waals surface area contributed by atoms with Gasteiger partial charge in [0.05, 0.1) is 12.3 Å². The predicted octanol–water partition coefficient (Wildman–Crippen LogP) is 5.78. The van der Waals surface area contributed by atoms with Gasteiger partial charge >= 0.3 is 0 Å². The zero-order valence-corrected chi connectivity index (χ0v) is 19.9. The number of ether oxygens (including phenoxy) is 1. The van der Waals surface area contributed by atoms with Crippen molar-refractivity contribution in [2.24, 2.45) is 52.3 Å². The highest BCUT2D eigenvalue weighted by Crippen LogP contribution is 2.68. The van der Waals surface area contributed by atoms with E-state index >= 15 is 0 Å². The second-order valence-corrected chi connectivity index (χ2v) is 12.6. The van der Waals surface area contributed by atoms with Gasteiger partial charge in [0.25, 0.3) is 0 Å². The Labute approximate surface area is 188 Å². The lowest BCUT2D eigenvalue weighted by atomic mass is 9.48. The van der Waals surface area contributed by atoms with E-state index in [2.05, 4.69) is 18.9 Å². The van der Waals surface area contributed by atoms with Gasteiger partial charge < -0.3 is 10.5 Å². The van der Waals surface area contributed by atoms with Gasteiger partial charge in [-0.2, -0.15) is 5.10 Å². The zero-order chi connectivity index (χ0) is 21.4. The van der Waals surface area contributed by atoms with E-state index in [9.17, 15) is 0 Å². The van der Waals surface area contributed by atoms with Crippen LogP contribution in [0.2, 0.25) is 0 Å². The Hall–Kier alpha value is -1.03. The maximum absolute atomic E-state index is 6.14. The van der Waals surface area contributed by atoms with Crippen molar-refractivity contribution in [2.45, 2.75) is 90.7 Å². The van der Waals surface area contributed by atoms with Gasteiger partial charge in [-0.05, 0) is 123 Å². The van der Waals surface area contributed by atoms with Crippen LogP contribution in [-0.2, 0) is 11.3 Å². The molecule has 8 unspecified atom stereocenters. The third-order valence-electron chi connectivity index (χ3n) is 11.5. The summed E-state index contributed by atoms with van der Waals surface area (Å²) in [5.41, 5.74) is 7.26. The number of rotatable bonds is 4. The second-order valence-electron chi connectivity index (χ2n) is 12.6. The largest absolute Gasteiger partial charge is 0.384 e. The Bertz CT molecular complexity index is 821. The standard InChI is InChI=1S/C27H43N3O/c1-17(16-30-25(28)10-13-29-30)22-6-7-23-21-5-4-18-14-27(15-24(27)31-3)12-9-19(18)20(21)8-11-26(22,23)2/h10,13,17-24H,4-9,11-12,14-16,28H2,1-3H3/t17?,18?,19-,20?,21?,22?,23?,24?,26+,27?/m0/s1. The molecule has 1 spiro atoms.